The molecule has 0 spiro atoms. The van der Waals surface area contributed by atoms with E-state index in [9.17, 15) is 9.00 Å². The summed E-state index contributed by atoms with van der Waals surface area (Å²) in [4.78, 5) is 11.4. The minimum atomic E-state index is -1.82. The molecule has 0 aliphatic rings. The van der Waals surface area contributed by atoms with Crippen LogP contribution >= 0.6 is 0 Å². The second-order valence-corrected chi connectivity index (χ2v) is 4.99. The molecule has 0 bridgehead atoms. The van der Waals surface area contributed by atoms with Crippen LogP contribution in [0.25, 0.3) is 0 Å². The molecule has 0 saturated heterocycles. The first kappa shape index (κ1) is 15.6. The predicted octanol–water partition coefficient (Wildman–Crippen LogP) is 2.36. The van der Waals surface area contributed by atoms with E-state index in [1.165, 1.54) is 0 Å². The SMILES string of the molecule is CCCCCCOC(=O)C(C)CCS(=O)O. The number of hydrogen-bond donors (Lipinski definition) is 1. The fourth-order valence-corrected chi connectivity index (χ4v) is 1.79. The number of hydrogen-bond acceptors (Lipinski definition) is 3. The van der Waals surface area contributed by atoms with E-state index in [0.29, 0.717) is 13.0 Å². The Balaban J connectivity index is 3.51. The summed E-state index contributed by atoms with van der Waals surface area (Å²) in [7, 11) is 0. The van der Waals surface area contributed by atoms with Gasteiger partial charge in [0.25, 0.3) is 0 Å². The molecule has 2 atom stereocenters. The van der Waals surface area contributed by atoms with Crippen molar-refractivity contribution in [1.29, 1.82) is 0 Å². The van der Waals surface area contributed by atoms with Gasteiger partial charge in [0, 0.05) is 0 Å². The molecule has 0 aromatic carbocycles. The van der Waals surface area contributed by atoms with Crippen molar-refractivity contribution in [2.75, 3.05) is 12.4 Å². The molecule has 0 amide bonds. The van der Waals surface area contributed by atoms with Crippen LogP contribution < -0.4 is 0 Å². The fourth-order valence-electron chi connectivity index (χ4n) is 1.24. The lowest BCUT2D eigenvalue weighted by molar-refractivity contribution is -0.148. The topological polar surface area (TPSA) is 63.6 Å². The summed E-state index contributed by atoms with van der Waals surface area (Å²) in [5, 5.41) is 0. The Morgan fingerprint density at radius 2 is 2.06 bits per heavy atom. The lowest BCUT2D eigenvalue weighted by atomic mass is 10.1. The smallest absolute Gasteiger partial charge is 0.308 e. The van der Waals surface area contributed by atoms with E-state index in [4.69, 9.17) is 9.29 Å². The van der Waals surface area contributed by atoms with Crippen LogP contribution in [0.1, 0.15) is 46.0 Å². The number of rotatable bonds is 9. The minimum absolute atomic E-state index is 0.131. The zero-order valence-electron chi connectivity index (χ0n) is 10.1. The van der Waals surface area contributed by atoms with Crippen LogP contribution in [0.3, 0.4) is 0 Å². The fraction of sp³-hybridized carbons (Fsp3) is 0.909. The summed E-state index contributed by atoms with van der Waals surface area (Å²) < 4.78 is 24.1. The molecule has 96 valence electrons. The molecule has 0 rings (SSSR count). The zero-order chi connectivity index (χ0) is 12.4. The summed E-state index contributed by atoms with van der Waals surface area (Å²) in [6.45, 7) is 4.32. The molecular formula is C11H22O4S. The van der Waals surface area contributed by atoms with Gasteiger partial charge in [-0.15, -0.1) is 0 Å². The van der Waals surface area contributed by atoms with Crippen molar-refractivity contribution in [1.82, 2.24) is 0 Å². The van der Waals surface area contributed by atoms with E-state index in [2.05, 4.69) is 6.92 Å². The third-order valence-corrected chi connectivity index (χ3v) is 2.96. The summed E-state index contributed by atoms with van der Waals surface area (Å²) >= 11 is -1.82. The number of carbonyl (C=O) groups is 1. The van der Waals surface area contributed by atoms with E-state index in [-0.39, 0.29) is 17.6 Å². The maximum Gasteiger partial charge on any atom is 0.308 e. The summed E-state index contributed by atoms with van der Waals surface area (Å²) in [6, 6.07) is 0. The van der Waals surface area contributed by atoms with Gasteiger partial charge in [-0.1, -0.05) is 33.1 Å². The van der Waals surface area contributed by atoms with Gasteiger partial charge in [0.2, 0.25) is 0 Å². The van der Waals surface area contributed by atoms with E-state index < -0.39 is 11.1 Å². The standard InChI is InChI=1S/C11H22O4S/c1-3-4-5-6-8-15-11(12)10(2)7-9-16(13)14/h10H,3-9H2,1-2H3,(H,13,14). The van der Waals surface area contributed by atoms with Crippen molar-refractivity contribution in [2.24, 2.45) is 5.92 Å². The first-order chi connectivity index (χ1) is 7.57. The van der Waals surface area contributed by atoms with Crippen LogP contribution in [0.2, 0.25) is 0 Å². The molecule has 0 aliphatic carbocycles. The molecule has 0 aromatic rings. The predicted molar refractivity (Wildman–Crippen MR) is 64.5 cm³/mol. The number of unbranched alkanes of at least 4 members (excludes halogenated alkanes) is 3. The van der Waals surface area contributed by atoms with Crippen molar-refractivity contribution in [3.63, 3.8) is 0 Å². The molecule has 5 heteroatoms. The molecule has 0 aliphatic heterocycles. The van der Waals surface area contributed by atoms with Crippen molar-refractivity contribution >= 4 is 17.0 Å². The third kappa shape index (κ3) is 8.85. The molecule has 2 unspecified atom stereocenters. The van der Waals surface area contributed by atoms with Gasteiger partial charge in [-0.05, 0) is 12.8 Å². The highest BCUT2D eigenvalue weighted by Crippen LogP contribution is 2.06. The molecule has 16 heavy (non-hydrogen) atoms. The normalized spacial score (nSPS) is 14.4. The molecule has 4 nitrogen and oxygen atoms in total. The third-order valence-electron chi connectivity index (χ3n) is 2.37. The number of ether oxygens (including phenoxy) is 1. The Kier molecular flexibility index (Phi) is 9.52. The van der Waals surface area contributed by atoms with Crippen molar-refractivity contribution in [2.45, 2.75) is 46.0 Å². The van der Waals surface area contributed by atoms with E-state index >= 15 is 0 Å². The van der Waals surface area contributed by atoms with Gasteiger partial charge >= 0.3 is 5.97 Å². The minimum Gasteiger partial charge on any atom is -0.465 e. The highest BCUT2D eigenvalue weighted by molar-refractivity contribution is 7.79. The first-order valence-corrected chi connectivity index (χ1v) is 7.09. The molecule has 0 aromatic heterocycles. The highest BCUT2D eigenvalue weighted by Gasteiger charge is 2.14. The van der Waals surface area contributed by atoms with Gasteiger partial charge in [0.15, 0.2) is 11.1 Å². The van der Waals surface area contributed by atoms with Gasteiger partial charge < -0.3 is 9.29 Å². The van der Waals surface area contributed by atoms with Crippen LogP contribution in [-0.4, -0.2) is 27.1 Å². The van der Waals surface area contributed by atoms with Crippen molar-refractivity contribution in [3.05, 3.63) is 0 Å². The number of carbonyl (C=O) groups excluding carboxylic acids is 1. The number of esters is 1. The second-order valence-electron chi connectivity index (χ2n) is 3.94. The lowest BCUT2D eigenvalue weighted by Crippen LogP contribution is -2.17. The average molecular weight is 250 g/mol. The Morgan fingerprint density at radius 1 is 1.38 bits per heavy atom. The summed E-state index contributed by atoms with van der Waals surface area (Å²) in [6.07, 6.45) is 4.71. The van der Waals surface area contributed by atoms with Gasteiger partial charge in [-0.25, -0.2) is 4.21 Å². The van der Waals surface area contributed by atoms with Crippen molar-refractivity contribution in [3.8, 4) is 0 Å². The van der Waals surface area contributed by atoms with E-state index in [1.807, 2.05) is 0 Å². The summed E-state index contributed by atoms with van der Waals surface area (Å²) in [5.41, 5.74) is 0. The molecular weight excluding hydrogens is 228 g/mol. The van der Waals surface area contributed by atoms with Crippen LogP contribution in [0, 0.1) is 5.92 Å². The van der Waals surface area contributed by atoms with Gasteiger partial charge in [0.1, 0.15) is 0 Å². The van der Waals surface area contributed by atoms with E-state index in [0.717, 1.165) is 25.7 Å². The Morgan fingerprint density at radius 3 is 2.62 bits per heavy atom. The maximum absolute atomic E-state index is 11.4. The van der Waals surface area contributed by atoms with Gasteiger partial charge in [-0.3, -0.25) is 4.79 Å². The molecule has 1 N–H and O–H groups in total. The van der Waals surface area contributed by atoms with Crippen LogP contribution in [0.4, 0.5) is 0 Å². The zero-order valence-corrected chi connectivity index (χ0v) is 10.9. The highest BCUT2D eigenvalue weighted by atomic mass is 32.2. The van der Waals surface area contributed by atoms with Gasteiger partial charge in [-0.2, -0.15) is 0 Å². The Hall–Kier alpha value is -0.420. The maximum atomic E-state index is 11.4. The lowest BCUT2D eigenvalue weighted by Gasteiger charge is -2.10. The largest absolute Gasteiger partial charge is 0.465 e. The summed E-state index contributed by atoms with van der Waals surface area (Å²) in [5.74, 6) is -0.421. The molecule has 0 radical (unpaired) electrons. The second kappa shape index (κ2) is 9.78. The quantitative estimate of drug-likeness (QED) is 0.387. The monoisotopic (exact) mass is 250 g/mol. The molecule has 0 fully saturated rings. The van der Waals surface area contributed by atoms with Crippen LogP contribution in [-0.2, 0) is 20.6 Å². The Labute approximate surface area is 100 Å². The van der Waals surface area contributed by atoms with Crippen LogP contribution in [0.15, 0.2) is 0 Å². The molecule has 0 heterocycles. The van der Waals surface area contributed by atoms with Crippen LogP contribution in [0.5, 0.6) is 0 Å². The first-order valence-electron chi connectivity index (χ1n) is 5.82. The Bertz CT molecular complexity index is 218. The van der Waals surface area contributed by atoms with E-state index in [1.54, 1.807) is 6.92 Å². The average Bonchev–Trinajstić information content (AvgIpc) is 2.25. The van der Waals surface area contributed by atoms with Gasteiger partial charge in [0.05, 0.1) is 18.3 Å². The molecule has 0 saturated carbocycles. The van der Waals surface area contributed by atoms with Crippen molar-refractivity contribution < 1.29 is 18.3 Å².